The zero-order valence-corrected chi connectivity index (χ0v) is 21.4. The minimum absolute atomic E-state index is 0.0470. The second kappa shape index (κ2) is 11.9. The highest BCUT2D eigenvalue weighted by molar-refractivity contribution is 6.31. The van der Waals surface area contributed by atoms with E-state index in [1.165, 1.54) is 40.6 Å². The number of hydroxylamine groups is 3. The Bertz CT molecular complexity index is 1410. The van der Waals surface area contributed by atoms with Gasteiger partial charge in [0.05, 0.1) is 23.8 Å². The molecule has 4 aromatic rings. The summed E-state index contributed by atoms with van der Waals surface area (Å²) in [5.41, 5.74) is 2.25. The zero-order valence-electron chi connectivity index (χ0n) is 20.6. The molecular formula is C24H23ClN10O4. The Hall–Kier alpha value is -4.50. The van der Waals surface area contributed by atoms with Crippen molar-refractivity contribution in [3.8, 4) is 5.69 Å². The first-order chi connectivity index (χ1) is 19.0. The number of benzene rings is 2. The summed E-state index contributed by atoms with van der Waals surface area (Å²) < 4.78 is 1.48. The Morgan fingerprint density at radius 2 is 1.90 bits per heavy atom. The molecule has 0 bridgehead atoms. The first-order valence-electron chi connectivity index (χ1n) is 11.7. The number of amides is 2. The van der Waals surface area contributed by atoms with Crippen LogP contribution in [0.5, 0.6) is 0 Å². The van der Waals surface area contributed by atoms with Crippen LogP contribution in [0, 0.1) is 0 Å². The Morgan fingerprint density at radius 3 is 2.56 bits per heavy atom. The summed E-state index contributed by atoms with van der Waals surface area (Å²) in [5, 5.41) is 19.9. The van der Waals surface area contributed by atoms with Crippen molar-refractivity contribution in [3.63, 3.8) is 0 Å². The summed E-state index contributed by atoms with van der Waals surface area (Å²) in [6, 6.07) is 13.9. The molecule has 200 valence electrons. The molecule has 0 spiro atoms. The maximum atomic E-state index is 13.4. The van der Waals surface area contributed by atoms with Crippen LogP contribution in [-0.2, 0) is 20.9 Å². The van der Waals surface area contributed by atoms with Crippen LogP contribution in [0.4, 0.5) is 11.5 Å². The third-order valence-electron chi connectivity index (χ3n) is 5.77. The molecule has 1 aliphatic rings. The Balaban J connectivity index is 1.32. The van der Waals surface area contributed by atoms with Crippen molar-refractivity contribution in [3.05, 3.63) is 83.5 Å². The number of tetrazole rings is 1. The van der Waals surface area contributed by atoms with Gasteiger partial charge in [0, 0.05) is 12.1 Å². The van der Waals surface area contributed by atoms with E-state index in [2.05, 4.69) is 36.1 Å². The van der Waals surface area contributed by atoms with Gasteiger partial charge in [-0.2, -0.15) is 4.68 Å². The summed E-state index contributed by atoms with van der Waals surface area (Å²) in [4.78, 5) is 45.3. The summed E-state index contributed by atoms with van der Waals surface area (Å²) >= 11 is 6.24. The number of halogens is 1. The molecule has 0 radical (unpaired) electrons. The van der Waals surface area contributed by atoms with Gasteiger partial charge in [-0.1, -0.05) is 41.9 Å². The fourth-order valence-electron chi connectivity index (χ4n) is 3.82. The van der Waals surface area contributed by atoms with Gasteiger partial charge in [-0.3, -0.25) is 19.3 Å². The Morgan fingerprint density at radius 1 is 1.05 bits per heavy atom. The molecule has 1 aliphatic heterocycles. The summed E-state index contributed by atoms with van der Waals surface area (Å²) in [7, 11) is 1.49. The van der Waals surface area contributed by atoms with Gasteiger partial charge in [0.25, 0.3) is 5.91 Å². The molecule has 2 N–H and O–H groups in total. The molecule has 39 heavy (non-hydrogen) atoms. The number of hydrogen-bond acceptors (Lipinski definition) is 11. The first-order valence-corrected chi connectivity index (χ1v) is 12.1. The molecule has 2 aromatic carbocycles. The summed E-state index contributed by atoms with van der Waals surface area (Å²) in [5.74, 6) is -0.584. The van der Waals surface area contributed by atoms with E-state index in [0.29, 0.717) is 22.8 Å². The molecule has 5 rings (SSSR count). The van der Waals surface area contributed by atoms with Crippen molar-refractivity contribution in [1.29, 1.82) is 0 Å². The lowest BCUT2D eigenvalue weighted by Gasteiger charge is -2.38. The van der Waals surface area contributed by atoms with Crippen molar-refractivity contribution >= 4 is 34.9 Å². The van der Waals surface area contributed by atoms with Crippen LogP contribution in [0.2, 0.25) is 5.02 Å². The average Bonchev–Trinajstić information content (AvgIpc) is 3.51. The zero-order chi connectivity index (χ0) is 27.2. The number of nitrogens with zero attached hydrogens (tertiary/aromatic N) is 8. The molecule has 1 fully saturated rings. The highest BCUT2D eigenvalue weighted by Gasteiger charge is 2.33. The number of rotatable bonds is 8. The molecule has 0 aliphatic carbocycles. The molecule has 0 saturated carbocycles. The number of aromatic nitrogens is 6. The van der Waals surface area contributed by atoms with Crippen LogP contribution >= 0.6 is 11.6 Å². The van der Waals surface area contributed by atoms with Crippen molar-refractivity contribution in [2.45, 2.75) is 12.5 Å². The third kappa shape index (κ3) is 6.15. The lowest BCUT2D eigenvalue weighted by atomic mass is 10.1. The molecule has 14 nitrogen and oxygen atoms in total. The molecule has 3 heterocycles. The van der Waals surface area contributed by atoms with Crippen molar-refractivity contribution in [1.82, 2.24) is 40.6 Å². The van der Waals surface area contributed by atoms with Gasteiger partial charge >= 0.3 is 0 Å². The van der Waals surface area contributed by atoms with E-state index < -0.39 is 11.9 Å². The van der Waals surface area contributed by atoms with Crippen LogP contribution in [-0.4, -0.2) is 73.6 Å². The van der Waals surface area contributed by atoms with Crippen LogP contribution in [0.3, 0.4) is 0 Å². The van der Waals surface area contributed by atoms with Crippen LogP contribution in [0.1, 0.15) is 16.1 Å². The lowest BCUT2D eigenvalue weighted by Crippen LogP contribution is -2.52. The quantitative estimate of drug-likeness (QED) is 0.329. The smallest absolute Gasteiger partial charge is 0.271 e. The predicted octanol–water partition coefficient (Wildman–Crippen LogP) is 1.62. The Kier molecular flexibility index (Phi) is 7.98. The summed E-state index contributed by atoms with van der Waals surface area (Å²) in [6.07, 6.45) is 4.38. The van der Waals surface area contributed by atoms with Crippen LogP contribution in [0.15, 0.2) is 67.3 Å². The van der Waals surface area contributed by atoms with Crippen molar-refractivity contribution in [2.24, 2.45) is 0 Å². The predicted molar refractivity (Wildman–Crippen MR) is 138 cm³/mol. The van der Waals surface area contributed by atoms with E-state index in [9.17, 15) is 9.59 Å². The van der Waals surface area contributed by atoms with Gasteiger partial charge in [0.15, 0.2) is 19.3 Å². The SMILES string of the molecule is CNC(=O)c1cnc(NC(=O)C(Cc2ccccc2)N2CON(c3cc(Cl)ccc3-n3cnnn3)CO2)cn1. The van der Waals surface area contributed by atoms with E-state index in [0.717, 1.165) is 5.56 Å². The van der Waals surface area contributed by atoms with Gasteiger partial charge in [-0.25, -0.2) is 15.0 Å². The molecule has 2 amide bonds. The maximum Gasteiger partial charge on any atom is 0.271 e. The van der Waals surface area contributed by atoms with Crippen molar-refractivity contribution < 1.29 is 19.3 Å². The van der Waals surface area contributed by atoms with Gasteiger partial charge in [0.2, 0.25) is 5.91 Å². The fourth-order valence-corrected chi connectivity index (χ4v) is 3.98. The van der Waals surface area contributed by atoms with Gasteiger partial charge in [-0.15, -0.1) is 10.2 Å². The number of carbonyl (C=O) groups is 2. The number of carbonyl (C=O) groups excluding carboxylic acids is 2. The minimum Gasteiger partial charge on any atom is -0.354 e. The summed E-state index contributed by atoms with van der Waals surface area (Å²) in [6.45, 7) is -0.123. The second-order valence-corrected chi connectivity index (χ2v) is 8.70. The van der Waals surface area contributed by atoms with E-state index in [1.807, 2.05) is 30.3 Å². The maximum absolute atomic E-state index is 13.4. The molecule has 1 saturated heterocycles. The fraction of sp³-hybridized carbons (Fsp3) is 0.208. The third-order valence-corrected chi connectivity index (χ3v) is 6.00. The molecule has 15 heteroatoms. The second-order valence-electron chi connectivity index (χ2n) is 8.26. The standard InChI is InChI=1S/C24H23ClN10O4/c1-26-23(36)18-11-28-22(12-27-18)30-24(37)21(9-16-5-3-2-4-6-16)35-15-38-34(14-39-35)20-10-17(25)7-8-19(20)33-13-29-31-32-33/h2-8,10-13,21H,9,14-15H2,1H3,(H,26,36)(H,28,30,37). The minimum atomic E-state index is -0.784. The highest BCUT2D eigenvalue weighted by atomic mass is 35.5. The van der Waals surface area contributed by atoms with E-state index >= 15 is 0 Å². The lowest BCUT2D eigenvalue weighted by molar-refractivity contribution is -0.279. The van der Waals surface area contributed by atoms with Crippen LogP contribution in [0.25, 0.3) is 5.69 Å². The first kappa shape index (κ1) is 26.1. The van der Waals surface area contributed by atoms with Crippen LogP contribution < -0.4 is 15.7 Å². The molecule has 1 atom stereocenters. The number of hydrogen-bond donors (Lipinski definition) is 2. The number of anilines is 2. The van der Waals surface area contributed by atoms with E-state index in [1.54, 1.807) is 18.2 Å². The molecule has 2 aromatic heterocycles. The van der Waals surface area contributed by atoms with Gasteiger partial charge in [0.1, 0.15) is 18.1 Å². The van der Waals surface area contributed by atoms with Crippen molar-refractivity contribution in [2.75, 3.05) is 30.9 Å². The van der Waals surface area contributed by atoms with Gasteiger partial charge < -0.3 is 10.6 Å². The van der Waals surface area contributed by atoms with E-state index in [4.69, 9.17) is 21.3 Å². The van der Waals surface area contributed by atoms with Gasteiger partial charge in [-0.05, 0) is 40.6 Å². The topological polar surface area (TPSA) is 153 Å². The normalized spacial score (nSPS) is 14.6. The molecular weight excluding hydrogens is 528 g/mol. The monoisotopic (exact) mass is 550 g/mol. The largest absolute Gasteiger partial charge is 0.354 e. The van der Waals surface area contributed by atoms with E-state index in [-0.39, 0.29) is 30.9 Å². The number of nitrogens with one attached hydrogen (secondary N) is 2. The average molecular weight is 551 g/mol. The highest BCUT2D eigenvalue weighted by Crippen LogP contribution is 2.29. The Labute approximate surface area is 227 Å². The molecule has 1 unspecified atom stereocenters.